The number of benzene rings is 4. The Morgan fingerprint density at radius 1 is 0.922 bits per heavy atom. The lowest BCUT2D eigenvalue weighted by Crippen LogP contribution is -2.48. The average Bonchev–Trinajstić information content (AvgIpc) is 3.13. The number of anilines is 3. The molecule has 0 saturated heterocycles. The Balaban J connectivity index is 1.38. The number of urea groups is 2. The van der Waals surface area contributed by atoms with Crippen LogP contribution in [0.1, 0.15) is 50.4 Å². The Kier molecular flexibility index (Phi) is 12.9. The van der Waals surface area contributed by atoms with Gasteiger partial charge in [0.25, 0.3) is 5.91 Å². The molecule has 270 valence electrons. The predicted molar refractivity (Wildman–Crippen MR) is 202 cm³/mol. The van der Waals surface area contributed by atoms with Crippen molar-refractivity contribution in [3.8, 4) is 5.75 Å². The zero-order valence-electron chi connectivity index (χ0n) is 29.8. The molecule has 11 heteroatoms. The van der Waals surface area contributed by atoms with Crippen LogP contribution >= 0.6 is 0 Å². The first-order valence-corrected chi connectivity index (χ1v) is 17.6. The van der Waals surface area contributed by atoms with E-state index in [4.69, 9.17) is 9.47 Å². The smallest absolute Gasteiger partial charge is 0.323 e. The zero-order chi connectivity index (χ0) is 36.3. The van der Waals surface area contributed by atoms with Gasteiger partial charge in [0.1, 0.15) is 5.75 Å². The zero-order valence-corrected chi connectivity index (χ0v) is 29.8. The number of hydrogen-bond acceptors (Lipinski definition) is 6. The van der Waals surface area contributed by atoms with E-state index in [0.29, 0.717) is 36.0 Å². The molecule has 51 heavy (non-hydrogen) atoms. The van der Waals surface area contributed by atoms with E-state index in [1.54, 1.807) is 42.0 Å². The van der Waals surface area contributed by atoms with E-state index in [0.717, 1.165) is 30.0 Å². The van der Waals surface area contributed by atoms with Gasteiger partial charge >= 0.3 is 12.1 Å². The lowest BCUT2D eigenvalue weighted by Gasteiger charge is -2.35. The molecule has 4 aromatic rings. The number of carbonyl (C=O) groups excluding carboxylic acids is 3. The third-order valence-electron chi connectivity index (χ3n) is 9.17. The minimum Gasteiger partial charge on any atom is -0.490 e. The van der Waals surface area contributed by atoms with Crippen molar-refractivity contribution >= 4 is 45.8 Å². The van der Waals surface area contributed by atoms with Crippen LogP contribution in [-0.2, 0) is 4.74 Å². The highest BCUT2D eigenvalue weighted by Crippen LogP contribution is 2.29. The van der Waals surface area contributed by atoms with E-state index < -0.39 is 12.1 Å². The number of rotatable bonds is 7. The number of ether oxygens (including phenoxy) is 2. The minimum absolute atomic E-state index is 0.195. The van der Waals surface area contributed by atoms with E-state index in [2.05, 4.69) is 16.0 Å². The predicted octanol–water partition coefficient (Wildman–Crippen LogP) is 7.44. The molecule has 5 amide bonds. The Morgan fingerprint density at radius 2 is 1.67 bits per heavy atom. The van der Waals surface area contributed by atoms with Crippen LogP contribution in [0.3, 0.4) is 0 Å². The fourth-order valence-corrected chi connectivity index (χ4v) is 6.18. The van der Waals surface area contributed by atoms with Gasteiger partial charge in [-0.1, -0.05) is 61.5 Å². The summed E-state index contributed by atoms with van der Waals surface area (Å²) in [5, 5.41) is 20.9. The molecule has 5 rings (SSSR count). The van der Waals surface area contributed by atoms with Crippen molar-refractivity contribution in [2.24, 2.45) is 5.92 Å². The molecule has 4 N–H and O–H groups in total. The lowest BCUT2D eigenvalue weighted by atomic mass is 10.0. The molecule has 0 saturated carbocycles. The SMILES string of the molecule is C[C@H](CO)N1C[C@H](C)[C@H](CN(C)C(=O)Nc2ccccc2)OCCCC[C@H](C)Oc2ccc(NC(=O)Nc3cccc4ccccc34)cc2C1=O. The fraction of sp³-hybridized carbons (Fsp3) is 0.375. The maximum absolute atomic E-state index is 14.5. The van der Waals surface area contributed by atoms with Crippen LogP contribution in [0, 0.1) is 5.92 Å². The highest BCUT2D eigenvalue weighted by molar-refractivity contribution is 6.07. The molecule has 11 nitrogen and oxygen atoms in total. The van der Waals surface area contributed by atoms with Gasteiger partial charge in [-0.05, 0) is 74.9 Å². The van der Waals surface area contributed by atoms with E-state index in [-0.39, 0.29) is 48.8 Å². The number of hydrogen-bond donors (Lipinski definition) is 4. The molecule has 0 fully saturated rings. The highest BCUT2D eigenvalue weighted by atomic mass is 16.5. The number of para-hydroxylation sites is 1. The van der Waals surface area contributed by atoms with Gasteiger partial charge in [-0.2, -0.15) is 0 Å². The molecule has 0 aliphatic carbocycles. The van der Waals surface area contributed by atoms with Gasteiger partial charge in [0.15, 0.2) is 0 Å². The summed E-state index contributed by atoms with van der Waals surface area (Å²) in [7, 11) is 1.72. The summed E-state index contributed by atoms with van der Waals surface area (Å²) < 4.78 is 12.7. The first-order chi connectivity index (χ1) is 24.6. The summed E-state index contributed by atoms with van der Waals surface area (Å²) >= 11 is 0. The van der Waals surface area contributed by atoms with Gasteiger partial charge in [-0.3, -0.25) is 4.79 Å². The number of carbonyl (C=O) groups is 3. The topological polar surface area (TPSA) is 132 Å². The Bertz CT molecular complexity index is 1780. The van der Waals surface area contributed by atoms with Crippen LogP contribution in [0.2, 0.25) is 0 Å². The molecular weight excluding hydrogens is 646 g/mol. The first kappa shape index (κ1) is 37.1. The number of nitrogens with zero attached hydrogens (tertiary/aromatic N) is 2. The quantitative estimate of drug-likeness (QED) is 0.159. The molecule has 1 heterocycles. The molecule has 1 aliphatic rings. The third-order valence-corrected chi connectivity index (χ3v) is 9.17. The molecule has 0 bridgehead atoms. The van der Waals surface area contributed by atoms with Crippen molar-refractivity contribution < 1.29 is 29.0 Å². The Morgan fingerprint density at radius 3 is 2.45 bits per heavy atom. The molecule has 4 aromatic carbocycles. The van der Waals surface area contributed by atoms with Crippen LogP contribution in [0.25, 0.3) is 10.8 Å². The number of nitrogens with one attached hydrogen (secondary N) is 3. The Hall–Kier alpha value is -5.13. The second-order valence-corrected chi connectivity index (χ2v) is 13.3. The molecule has 0 unspecified atom stereocenters. The van der Waals surface area contributed by atoms with Crippen molar-refractivity contribution in [1.82, 2.24) is 9.80 Å². The minimum atomic E-state index is -0.538. The second kappa shape index (κ2) is 17.7. The van der Waals surface area contributed by atoms with Gasteiger partial charge in [0, 0.05) is 49.4 Å². The van der Waals surface area contributed by atoms with Crippen molar-refractivity contribution in [2.45, 2.75) is 58.3 Å². The van der Waals surface area contributed by atoms with Crippen LogP contribution in [0.5, 0.6) is 5.75 Å². The van der Waals surface area contributed by atoms with E-state index in [1.165, 1.54) is 0 Å². The van der Waals surface area contributed by atoms with Gasteiger partial charge in [-0.15, -0.1) is 0 Å². The van der Waals surface area contributed by atoms with Gasteiger partial charge in [0.2, 0.25) is 0 Å². The lowest BCUT2D eigenvalue weighted by molar-refractivity contribution is -0.0115. The summed E-state index contributed by atoms with van der Waals surface area (Å²) in [6, 6.07) is 26.5. The van der Waals surface area contributed by atoms with Gasteiger partial charge in [0.05, 0.1) is 36.1 Å². The maximum atomic E-state index is 14.5. The molecule has 0 spiro atoms. The summed E-state index contributed by atoms with van der Waals surface area (Å²) in [6.07, 6.45) is 1.80. The summed E-state index contributed by atoms with van der Waals surface area (Å²) in [4.78, 5) is 44.0. The normalized spacial score (nSPS) is 19.2. The molecule has 1 aliphatic heterocycles. The molecule has 0 aromatic heterocycles. The van der Waals surface area contributed by atoms with Crippen molar-refractivity contribution in [3.63, 3.8) is 0 Å². The van der Waals surface area contributed by atoms with Crippen LogP contribution in [0.4, 0.5) is 26.7 Å². The summed E-state index contributed by atoms with van der Waals surface area (Å²) in [6.45, 7) is 6.50. The number of amides is 5. The number of aliphatic hydroxyl groups excluding tert-OH is 1. The van der Waals surface area contributed by atoms with Crippen molar-refractivity contribution in [1.29, 1.82) is 0 Å². The number of fused-ring (bicyclic) bond motifs is 2. The van der Waals surface area contributed by atoms with E-state index in [9.17, 15) is 19.5 Å². The average molecular weight is 696 g/mol. The van der Waals surface area contributed by atoms with E-state index >= 15 is 0 Å². The monoisotopic (exact) mass is 695 g/mol. The van der Waals surface area contributed by atoms with Crippen LogP contribution in [-0.4, -0.2) is 84.5 Å². The van der Waals surface area contributed by atoms with Crippen LogP contribution in [0.15, 0.2) is 91.0 Å². The summed E-state index contributed by atoms with van der Waals surface area (Å²) in [5.74, 6) is -0.166. The largest absolute Gasteiger partial charge is 0.490 e. The highest BCUT2D eigenvalue weighted by Gasteiger charge is 2.31. The Labute approximate surface area is 299 Å². The maximum Gasteiger partial charge on any atom is 0.323 e. The molecule has 0 radical (unpaired) electrons. The molecular formula is C40H49N5O6. The third kappa shape index (κ3) is 9.99. The number of likely N-dealkylation sites (N-methyl/N-ethyl adjacent to an activating group) is 1. The van der Waals surface area contributed by atoms with Crippen LogP contribution < -0.4 is 20.7 Å². The van der Waals surface area contributed by atoms with E-state index in [1.807, 2.05) is 86.6 Å². The summed E-state index contributed by atoms with van der Waals surface area (Å²) in [5.41, 5.74) is 2.03. The first-order valence-electron chi connectivity index (χ1n) is 17.6. The van der Waals surface area contributed by atoms with Gasteiger partial charge in [-0.25, -0.2) is 9.59 Å². The second-order valence-electron chi connectivity index (χ2n) is 13.3. The molecule has 4 atom stereocenters. The van der Waals surface area contributed by atoms with Crippen molar-refractivity contribution in [3.05, 3.63) is 96.6 Å². The fourth-order valence-electron chi connectivity index (χ4n) is 6.18. The van der Waals surface area contributed by atoms with Gasteiger partial charge < -0.3 is 40.3 Å². The standard InChI is InChI=1S/C40H49N5O6/c1-27-24-45(28(2)26-46)38(47)34-23-32(41-39(48)43-35-19-12-15-30-14-8-9-18-33(30)35)20-21-36(34)51-29(3)13-10-11-22-50-37(27)25-44(4)40(49)42-31-16-6-5-7-17-31/h5-9,12,14-21,23,27-29,37,46H,10-11,13,22,24-26H2,1-4H3,(H,42,49)(H2,41,43,48)/t27-,28+,29-,37-/m0/s1. The van der Waals surface area contributed by atoms with Crippen molar-refractivity contribution in [2.75, 3.05) is 49.3 Å². The number of aliphatic hydroxyl groups is 1.